The molecule has 2 rings (SSSR count). The van der Waals surface area contributed by atoms with E-state index in [0.717, 1.165) is 0 Å². The molecule has 2 amide bonds. The van der Waals surface area contributed by atoms with Gasteiger partial charge in [-0.3, -0.25) is 9.59 Å². The molecule has 1 atom stereocenters. The number of carboxylic acid groups (broad SMARTS) is 1. The largest absolute Gasteiger partial charge is 0.493 e. The maximum Gasteiger partial charge on any atom is 0.326 e. The molecule has 0 saturated carbocycles. The van der Waals surface area contributed by atoms with Gasteiger partial charge in [0.2, 0.25) is 11.8 Å². The number of carbonyl (C=O) groups is 3. The standard InChI is InChI=1S/C18H20N4O6/c23-14(11-5-3-9-20-15(11)24)19-8-2-1-7-13(18(27)28)22-17(26)12-6-4-10-21-16(12)25/h3-6,9-10,13H,1-2,7-8H2,(H,19,23)(H,20,24)(H,21,25)(H,22,26)(H,27,28)/t13-/m0/s1. The molecule has 0 saturated heterocycles. The SMILES string of the molecule is O=C(NCCCC[C@H](NC(=O)c1cccnc1O)C(=O)O)c1cccnc1O. The third-order valence-electron chi connectivity index (χ3n) is 3.87. The first-order valence-electron chi connectivity index (χ1n) is 8.50. The molecule has 2 aromatic rings. The van der Waals surface area contributed by atoms with Gasteiger partial charge < -0.3 is 26.0 Å². The minimum Gasteiger partial charge on any atom is -0.493 e. The van der Waals surface area contributed by atoms with Crippen molar-refractivity contribution in [3.8, 4) is 11.8 Å². The summed E-state index contributed by atoms with van der Waals surface area (Å²) >= 11 is 0. The fourth-order valence-corrected chi connectivity index (χ4v) is 2.41. The minimum atomic E-state index is -1.21. The van der Waals surface area contributed by atoms with Crippen LogP contribution in [0, 0.1) is 0 Å². The van der Waals surface area contributed by atoms with E-state index in [1.54, 1.807) is 0 Å². The molecule has 5 N–H and O–H groups in total. The van der Waals surface area contributed by atoms with E-state index >= 15 is 0 Å². The highest BCUT2D eigenvalue weighted by molar-refractivity contribution is 5.98. The molecular formula is C18H20N4O6. The molecule has 0 fully saturated rings. The van der Waals surface area contributed by atoms with Crippen LogP contribution in [0.2, 0.25) is 0 Å². The van der Waals surface area contributed by atoms with Crippen molar-refractivity contribution in [1.82, 2.24) is 20.6 Å². The Kier molecular flexibility index (Phi) is 7.26. The van der Waals surface area contributed by atoms with Crippen LogP contribution in [-0.2, 0) is 4.79 Å². The molecule has 0 aromatic carbocycles. The fourth-order valence-electron chi connectivity index (χ4n) is 2.41. The number of pyridine rings is 2. The van der Waals surface area contributed by atoms with Crippen LogP contribution in [0.4, 0.5) is 0 Å². The van der Waals surface area contributed by atoms with Gasteiger partial charge in [-0.1, -0.05) is 0 Å². The number of aliphatic carboxylic acids is 1. The number of amides is 2. The van der Waals surface area contributed by atoms with Gasteiger partial charge in [-0.25, -0.2) is 14.8 Å². The van der Waals surface area contributed by atoms with Gasteiger partial charge >= 0.3 is 5.97 Å². The van der Waals surface area contributed by atoms with Crippen LogP contribution < -0.4 is 10.6 Å². The van der Waals surface area contributed by atoms with Crippen molar-refractivity contribution in [2.24, 2.45) is 0 Å². The Bertz CT molecular complexity index is 857. The van der Waals surface area contributed by atoms with Gasteiger partial charge in [0.1, 0.15) is 17.2 Å². The van der Waals surface area contributed by atoms with Gasteiger partial charge in [0.05, 0.1) is 0 Å². The average molecular weight is 388 g/mol. The highest BCUT2D eigenvalue weighted by Crippen LogP contribution is 2.13. The molecule has 0 unspecified atom stereocenters. The Labute approximate surface area is 160 Å². The van der Waals surface area contributed by atoms with Crippen molar-refractivity contribution >= 4 is 17.8 Å². The lowest BCUT2D eigenvalue weighted by Gasteiger charge is -2.15. The van der Waals surface area contributed by atoms with Crippen LogP contribution >= 0.6 is 0 Å². The summed E-state index contributed by atoms with van der Waals surface area (Å²) in [6.45, 7) is 0.261. The van der Waals surface area contributed by atoms with Gasteiger partial charge in [-0.15, -0.1) is 0 Å². The van der Waals surface area contributed by atoms with E-state index in [9.17, 15) is 29.7 Å². The topological polar surface area (TPSA) is 162 Å². The minimum absolute atomic E-state index is 0.0504. The van der Waals surface area contributed by atoms with E-state index in [1.165, 1.54) is 36.7 Å². The molecule has 0 spiro atoms. The summed E-state index contributed by atoms with van der Waals surface area (Å²) in [5.41, 5.74) is -0.0632. The van der Waals surface area contributed by atoms with Gasteiger partial charge in [-0.2, -0.15) is 0 Å². The molecule has 10 nitrogen and oxygen atoms in total. The molecule has 0 radical (unpaired) electrons. The highest BCUT2D eigenvalue weighted by atomic mass is 16.4. The molecule has 148 valence electrons. The van der Waals surface area contributed by atoms with Crippen LogP contribution in [0.5, 0.6) is 11.8 Å². The summed E-state index contributed by atoms with van der Waals surface area (Å²) in [6.07, 6.45) is 3.67. The summed E-state index contributed by atoms with van der Waals surface area (Å²) in [5.74, 6) is -3.28. The Hall–Kier alpha value is -3.69. The molecule has 0 aliphatic heterocycles. The fraction of sp³-hybridized carbons (Fsp3) is 0.278. The second-order valence-electron chi connectivity index (χ2n) is 5.87. The number of hydrogen-bond acceptors (Lipinski definition) is 7. The lowest BCUT2D eigenvalue weighted by molar-refractivity contribution is -0.139. The predicted octanol–water partition coefficient (Wildman–Crippen LogP) is 0.671. The van der Waals surface area contributed by atoms with Gasteiger partial charge in [-0.05, 0) is 43.5 Å². The second kappa shape index (κ2) is 9.86. The molecule has 0 aliphatic carbocycles. The van der Waals surface area contributed by atoms with Gasteiger partial charge in [0, 0.05) is 18.9 Å². The van der Waals surface area contributed by atoms with Crippen LogP contribution in [0.15, 0.2) is 36.7 Å². The zero-order valence-electron chi connectivity index (χ0n) is 14.8. The van der Waals surface area contributed by atoms with E-state index in [-0.39, 0.29) is 30.0 Å². The molecule has 0 bridgehead atoms. The Morgan fingerprint density at radius 2 is 1.50 bits per heavy atom. The lowest BCUT2D eigenvalue weighted by atomic mass is 10.1. The maximum absolute atomic E-state index is 12.1. The van der Waals surface area contributed by atoms with Crippen LogP contribution in [-0.4, -0.2) is 55.7 Å². The van der Waals surface area contributed by atoms with Crippen molar-refractivity contribution in [2.75, 3.05) is 6.54 Å². The molecule has 2 aromatic heterocycles. The van der Waals surface area contributed by atoms with Crippen molar-refractivity contribution in [1.29, 1.82) is 0 Å². The first-order valence-corrected chi connectivity index (χ1v) is 8.50. The third-order valence-corrected chi connectivity index (χ3v) is 3.87. The Morgan fingerprint density at radius 3 is 2.04 bits per heavy atom. The number of unbranched alkanes of at least 4 members (excludes halogenated alkanes) is 1. The molecule has 0 aliphatic rings. The van der Waals surface area contributed by atoms with E-state index < -0.39 is 29.7 Å². The molecule has 28 heavy (non-hydrogen) atoms. The zero-order chi connectivity index (χ0) is 20.5. The van der Waals surface area contributed by atoms with E-state index in [0.29, 0.717) is 12.8 Å². The smallest absolute Gasteiger partial charge is 0.326 e. The van der Waals surface area contributed by atoms with Crippen molar-refractivity contribution in [3.05, 3.63) is 47.8 Å². The van der Waals surface area contributed by atoms with E-state index in [2.05, 4.69) is 20.6 Å². The van der Waals surface area contributed by atoms with E-state index in [1.807, 2.05) is 0 Å². The van der Waals surface area contributed by atoms with Gasteiger partial charge in [0.15, 0.2) is 0 Å². The second-order valence-corrected chi connectivity index (χ2v) is 5.87. The highest BCUT2D eigenvalue weighted by Gasteiger charge is 2.22. The van der Waals surface area contributed by atoms with Crippen molar-refractivity contribution in [2.45, 2.75) is 25.3 Å². The number of rotatable bonds is 9. The Balaban J connectivity index is 1.78. The number of hydrogen-bond donors (Lipinski definition) is 5. The molecule has 10 heteroatoms. The predicted molar refractivity (Wildman–Crippen MR) is 96.9 cm³/mol. The van der Waals surface area contributed by atoms with Crippen molar-refractivity contribution in [3.63, 3.8) is 0 Å². The summed E-state index contributed by atoms with van der Waals surface area (Å²) in [6, 6.07) is 4.59. The average Bonchev–Trinajstić information content (AvgIpc) is 2.67. The van der Waals surface area contributed by atoms with Crippen LogP contribution in [0.25, 0.3) is 0 Å². The zero-order valence-corrected chi connectivity index (χ0v) is 14.8. The monoisotopic (exact) mass is 388 g/mol. The van der Waals surface area contributed by atoms with Gasteiger partial charge in [0.25, 0.3) is 11.8 Å². The number of nitrogens with one attached hydrogen (secondary N) is 2. The summed E-state index contributed by atoms with van der Waals surface area (Å²) in [7, 11) is 0. The quantitative estimate of drug-likeness (QED) is 0.392. The maximum atomic E-state index is 12.1. The summed E-state index contributed by atoms with van der Waals surface area (Å²) in [5, 5.41) is 33.3. The van der Waals surface area contributed by atoms with Crippen LogP contribution in [0.3, 0.4) is 0 Å². The number of aromatic nitrogens is 2. The number of carboxylic acids is 1. The molecule has 2 heterocycles. The summed E-state index contributed by atoms with van der Waals surface area (Å²) < 4.78 is 0. The first-order chi connectivity index (χ1) is 13.4. The van der Waals surface area contributed by atoms with Crippen molar-refractivity contribution < 1.29 is 29.7 Å². The lowest BCUT2D eigenvalue weighted by Crippen LogP contribution is -2.40. The first kappa shape index (κ1) is 20.6. The number of aromatic hydroxyl groups is 2. The normalized spacial score (nSPS) is 11.4. The molecular weight excluding hydrogens is 368 g/mol. The van der Waals surface area contributed by atoms with E-state index in [4.69, 9.17) is 0 Å². The Morgan fingerprint density at radius 1 is 0.929 bits per heavy atom. The number of carbonyl (C=O) groups excluding carboxylic acids is 2. The van der Waals surface area contributed by atoms with Crippen LogP contribution in [0.1, 0.15) is 40.0 Å². The number of nitrogens with zero attached hydrogens (tertiary/aromatic N) is 2. The third kappa shape index (κ3) is 5.66. The summed E-state index contributed by atoms with van der Waals surface area (Å²) in [4.78, 5) is 42.5.